The molecule has 0 aliphatic rings. The topological polar surface area (TPSA) is 71.1 Å². The average molecular weight is 257 g/mol. The van der Waals surface area contributed by atoms with Crippen molar-refractivity contribution < 1.29 is 9.13 Å². The monoisotopic (exact) mass is 257 g/mol. The highest BCUT2D eigenvalue weighted by Gasteiger charge is 2.06. The molecular weight excluding hydrogens is 245 g/mol. The van der Waals surface area contributed by atoms with Crippen LogP contribution in [-0.4, -0.2) is 7.11 Å². The highest BCUT2D eigenvalue weighted by molar-refractivity contribution is 5.70. The van der Waals surface area contributed by atoms with Crippen molar-refractivity contribution in [3.05, 3.63) is 47.8 Å². The van der Waals surface area contributed by atoms with Gasteiger partial charge >= 0.3 is 0 Å². The molecule has 3 N–H and O–H groups in total. The average Bonchev–Trinajstić information content (AvgIpc) is 2.42. The Balaban J connectivity index is 2.34. The number of halogens is 1. The smallest absolute Gasteiger partial charge is 0.143 e. The number of hydrogen-bond donors (Lipinski definition) is 2. The van der Waals surface area contributed by atoms with Crippen molar-refractivity contribution in [2.75, 3.05) is 18.2 Å². The van der Waals surface area contributed by atoms with Crippen LogP contribution in [0.1, 0.15) is 5.56 Å². The zero-order valence-electron chi connectivity index (χ0n) is 10.3. The van der Waals surface area contributed by atoms with E-state index in [0.29, 0.717) is 22.8 Å². The maximum Gasteiger partial charge on any atom is 0.143 e. The molecule has 0 bridgehead atoms. The van der Waals surface area contributed by atoms with Crippen molar-refractivity contribution >= 4 is 17.1 Å². The number of ether oxygens (including phenoxy) is 1. The van der Waals surface area contributed by atoms with Crippen LogP contribution in [0.25, 0.3) is 0 Å². The summed E-state index contributed by atoms with van der Waals surface area (Å²) >= 11 is 0. The molecule has 0 heterocycles. The van der Waals surface area contributed by atoms with E-state index in [4.69, 9.17) is 15.7 Å². The third kappa shape index (κ3) is 2.75. The van der Waals surface area contributed by atoms with Crippen molar-refractivity contribution in [1.82, 2.24) is 0 Å². The van der Waals surface area contributed by atoms with E-state index in [1.807, 2.05) is 6.07 Å². The lowest BCUT2D eigenvalue weighted by Gasteiger charge is -2.11. The molecule has 0 fully saturated rings. The number of methoxy groups -OCH3 is 1. The summed E-state index contributed by atoms with van der Waals surface area (Å²) in [4.78, 5) is 0. The molecule has 0 aromatic heterocycles. The van der Waals surface area contributed by atoms with Gasteiger partial charge in [-0.15, -0.1) is 0 Å². The van der Waals surface area contributed by atoms with Crippen LogP contribution in [0.3, 0.4) is 0 Å². The second-order valence-electron chi connectivity index (χ2n) is 3.88. The summed E-state index contributed by atoms with van der Waals surface area (Å²) in [6.45, 7) is 0. The van der Waals surface area contributed by atoms with E-state index in [-0.39, 0.29) is 5.56 Å². The summed E-state index contributed by atoms with van der Waals surface area (Å²) in [5, 5.41) is 12.0. The molecule has 0 spiro atoms. The molecule has 0 unspecified atom stereocenters. The Morgan fingerprint density at radius 3 is 2.74 bits per heavy atom. The summed E-state index contributed by atoms with van der Waals surface area (Å²) in [6.07, 6.45) is 0. The summed E-state index contributed by atoms with van der Waals surface area (Å²) in [5.41, 5.74) is 7.69. The molecule has 0 aliphatic carbocycles. The SMILES string of the molecule is COc1cc(Nc2ccc(F)cc2C#N)ccc1N. The number of nitrogens with zero attached hydrogens (tertiary/aromatic N) is 1. The van der Waals surface area contributed by atoms with Gasteiger partial charge in [0.1, 0.15) is 17.6 Å². The Morgan fingerprint density at radius 2 is 2.05 bits per heavy atom. The van der Waals surface area contributed by atoms with Crippen molar-refractivity contribution in [2.24, 2.45) is 0 Å². The zero-order valence-corrected chi connectivity index (χ0v) is 10.3. The molecule has 0 saturated heterocycles. The highest BCUT2D eigenvalue weighted by Crippen LogP contribution is 2.28. The summed E-state index contributed by atoms with van der Waals surface area (Å²) in [6, 6.07) is 11.1. The Labute approximate surface area is 110 Å². The highest BCUT2D eigenvalue weighted by atomic mass is 19.1. The minimum atomic E-state index is -0.447. The number of nitrogens with two attached hydrogens (primary N) is 1. The Hall–Kier alpha value is -2.74. The molecule has 0 aliphatic heterocycles. The Bertz CT molecular complexity index is 650. The summed E-state index contributed by atoms with van der Waals surface area (Å²) in [5.74, 6) is 0.0857. The molecule has 2 aromatic rings. The number of nitrogens with one attached hydrogen (secondary N) is 1. The van der Waals surface area contributed by atoms with E-state index in [9.17, 15) is 4.39 Å². The van der Waals surface area contributed by atoms with E-state index in [1.165, 1.54) is 25.3 Å². The van der Waals surface area contributed by atoms with E-state index >= 15 is 0 Å². The lowest BCUT2D eigenvalue weighted by molar-refractivity contribution is 0.417. The van der Waals surface area contributed by atoms with Crippen LogP contribution >= 0.6 is 0 Å². The minimum Gasteiger partial charge on any atom is -0.495 e. The second-order valence-corrected chi connectivity index (χ2v) is 3.88. The summed E-state index contributed by atoms with van der Waals surface area (Å²) in [7, 11) is 1.52. The molecule has 19 heavy (non-hydrogen) atoms. The van der Waals surface area contributed by atoms with Crippen molar-refractivity contribution in [3.63, 3.8) is 0 Å². The third-order valence-electron chi connectivity index (χ3n) is 2.61. The predicted octanol–water partition coefficient (Wildman–Crippen LogP) is 3.03. The molecule has 0 atom stereocenters. The van der Waals surface area contributed by atoms with Gasteiger partial charge in [-0.1, -0.05) is 0 Å². The largest absolute Gasteiger partial charge is 0.495 e. The number of anilines is 3. The van der Waals surface area contributed by atoms with E-state index in [1.54, 1.807) is 18.2 Å². The van der Waals surface area contributed by atoms with Gasteiger partial charge in [0.05, 0.1) is 24.0 Å². The standard InChI is InChI=1S/C14H12FN3O/c1-19-14-7-11(3-4-12(14)17)18-13-5-2-10(15)6-9(13)8-16/h2-7,18H,17H2,1H3. The zero-order chi connectivity index (χ0) is 13.8. The maximum absolute atomic E-state index is 13.0. The molecule has 2 aromatic carbocycles. The first-order chi connectivity index (χ1) is 9.13. The van der Waals surface area contributed by atoms with Crippen LogP contribution in [0, 0.1) is 17.1 Å². The molecule has 2 rings (SSSR count). The first-order valence-electron chi connectivity index (χ1n) is 5.54. The van der Waals surface area contributed by atoms with Gasteiger partial charge in [-0.05, 0) is 30.3 Å². The Kier molecular flexibility index (Phi) is 3.53. The van der Waals surface area contributed by atoms with Crippen molar-refractivity contribution in [2.45, 2.75) is 0 Å². The van der Waals surface area contributed by atoms with Crippen LogP contribution in [0.2, 0.25) is 0 Å². The number of hydrogen-bond acceptors (Lipinski definition) is 4. The molecule has 5 heteroatoms. The van der Waals surface area contributed by atoms with Gasteiger partial charge in [-0.25, -0.2) is 4.39 Å². The molecule has 0 saturated carbocycles. The van der Waals surface area contributed by atoms with E-state index in [2.05, 4.69) is 5.32 Å². The van der Waals surface area contributed by atoms with Crippen LogP contribution < -0.4 is 15.8 Å². The van der Waals surface area contributed by atoms with Gasteiger partial charge < -0.3 is 15.8 Å². The Morgan fingerprint density at radius 1 is 1.26 bits per heavy atom. The van der Waals surface area contributed by atoms with Gasteiger partial charge in [0, 0.05) is 11.8 Å². The normalized spacial score (nSPS) is 9.74. The van der Waals surface area contributed by atoms with Gasteiger partial charge in [-0.3, -0.25) is 0 Å². The quantitative estimate of drug-likeness (QED) is 0.829. The minimum absolute atomic E-state index is 0.232. The van der Waals surface area contributed by atoms with E-state index < -0.39 is 5.82 Å². The number of nitrogen functional groups attached to an aromatic ring is 1. The molecule has 96 valence electrons. The summed E-state index contributed by atoms with van der Waals surface area (Å²) < 4.78 is 18.1. The van der Waals surface area contributed by atoms with Crippen molar-refractivity contribution in [3.8, 4) is 11.8 Å². The van der Waals surface area contributed by atoms with Gasteiger partial charge in [0.25, 0.3) is 0 Å². The number of nitriles is 1. The first-order valence-corrected chi connectivity index (χ1v) is 5.54. The molecule has 0 amide bonds. The fraction of sp³-hybridized carbons (Fsp3) is 0.0714. The van der Waals surface area contributed by atoms with Crippen LogP contribution in [-0.2, 0) is 0 Å². The van der Waals surface area contributed by atoms with Crippen molar-refractivity contribution in [1.29, 1.82) is 5.26 Å². The van der Waals surface area contributed by atoms with E-state index in [0.717, 1.165) is 0 Å². The van der Waals surface area contributed by atoms with Crippen LogP contribution in [0.4, 0.5) is 21.5 Å². The molecule has 4 nitrogen and oxygen atoms in total. The second kappa shape index (κ2) is 5.27. The molecule has 0 radical (unpaired) electrons. The third-order valence-corrected chi connectivity index (χ3v) is 2.61. The van der Waals surface area contributed by atoms with Gasteiger partial charge in [-0.2, -0.15) is 5.26 Å². The van der Waals surface area contributed by atoms with Crippen LogP contribution in [0.15, 0.2) is 36.4 Å². The number of rotatable bonds is 3. The lowest BCUT2D eigenvalue weighted by Crippen LogP contribution is -1.97. The first kappa shape index (κ1) is 12.7. The predicted molar refractivity (Wildman–Crippen MR) is 71.8 cm³/mol. The molecular formula is C14H12FN3O. The fourth-order valence-corrected chi connectivity index (χ4v) is 1.66. The fourth-order valence-electron chi connectivity index (χ4n) is 1.66. The number of benzene rings is 2. The lowest BCUT2D eigenvalue weighted by atomic mass is 10.1. The van der Waals surface area contributed by atoms with Gasteiger partial charge in [0.15, 0.2) is 0 Å². The van der Waals surface area contributed by atoms with Gasteiger partial charge in [0.2, 0.25) is 0 Å². The van der Waals surface area contributed by atoms with Crippen LogP contribution in [0.5, 0.6) is 5.75 Å². The maximum atomic E-state index is 13.0.